The minimum Gasteiger partial charge on any atom is -0.456 e. The van der Waals surface area contributed by atoms with Crippen molar-refractivity contribution in [2.45, 2.75) is 0 Å². The number of hydrogen-bond donors (Lipinski definition) is 0. The van der Waals surface area contributed by atoms with Gasteiger partial charge in [0.1, 0.15) is 11.2 Å². The van der Waals surface area contributed by atoms with E-state index in [2.05, 4.69) is 91.0 Å². The van der Waals surface area contributed by atoms with Gasteiger partial charge in [-0.05, 0) is 58.7 Å². The Labute approximate surface area is 292 Å². The second kappa shape index (κ2) is 11.6. The van der Waals surface area contributed by atoms with Crippen molar-refractivity contribution in [2.75, 3.05) is 0 Å². The van der Waals surface area contributed by atoms with E-state index in [4.69, 9.17) is 19.4 Å². The van der Waals surface area contributed by atoms with E-state index in [0.29, 0.717) is 17.5 Å². The van der Waals surface area contributed by atoms with E-state index in [1.807, 2.05) is 84.1 Å². The Morgan fingerprint density at radius 2 is 0.960 bits per heavy atom. The van der Waals surface area contributed by atoms with E-state index < -0.39 is 0 Å². The zero-order valence-corrected chi connectivity index (χ0v) is 27.6. The molecule has 0 fully saturated rings. The molecule has 0 spiro atoms. The molecule has 0 N–H and O–H groups in total. The largest absolute Gasteiger partial charge is 0.456 e. The molecule has 3 aromatic heterocycles. The van der Waals surface area contributed by atoms with Gasteiger partial charge in [-0.2, -0.15) is 0 Å². The molecule has 10 aromatic rings. The van der Waals surface area contributed by atoms with Crippen LogP contribution in [0, 0.1) is 0 Å². The van der Waals surface area contributed by atoms with Crippen molar-refractivity contribution in [3.63, 3.8) is 0 Å². The van der Waals surface area contributed by atoms with Crippen LogP contribution >= 0.6 is 11.3 Å². The summed E-state index contributed by atoms with van der Waals surface area (Å²) < 4.78 is 8.94. The fourth-order valence-electron chi connectivity index (χ4n) is 6.99. The Morgan fingerprint density at radius 3 is 1.72 bits per heavy atom. The van der Waals surface area contributed by atoms with Crippen molar-refractivity contribution in [3.05, 3.63) is 164 Å². The maximum Gasteiger partial charge on any atom is 0.164 e. The minimum absolute atomic E-state index is 0.619. The lowest BCUT2D eigenvalue weighted by Crippen LogP contribution is -2.00. The summed E-state index contributed by atoms with van der Waals surface area (Å²) in [6.45, 7) is 0. The van der Waals surface area contributed by atoms with Gasteiger partial charge in [0.15, 0.2) is 17.5 Å². The van der Waals surface area contributed by atoms with Crippen LogP contribution in [0.25, 0.3) is 98.5 Å². The summed E-state index contributed by atoms with van der Waals surface area (Å²) in [7, 11) is 0. The zero-order chi connectivity index (χ0) is 33.0. The molecule has 0 aliphatic heterocycles. The smallest absolute Gasteiger partial charge is 0.164 e. The van der Waals surface area contributed by atoms with Crippen LogP contribution in [0.1, 0.15) is 0 Å². The van der Waals surface area contributed by atoms with Gasteiger partial charge in [0.05, 0.1) is 0 Å². The maximum absolute atomic E-state index is 6.37. The summed E-state index contributed by atoms with van der Waals surface area (Å²) in [5, 5.41) is 4.73. The molecule has 0 unspecified atom stereocenters. The molecular weight excluding hydrogens is 631 g/mol. The van der Waals surface area contributed by atoms with Gasteiger partial charge in [0, 0.05) is 47.6 Å². The summed E-state index contributed by atoms with van der Waals surface area (Å²) in [4.78, 5) is 15.1. The first-order valence-corrected chi connectivity index (χ1v) is 17.4. The SMILES string of the molecule is c1ccc(-c2nc(-c3ccccc3)nc(-c3ccc(-c4ccc5sc6ccccc6c5c4)c(-c4cccc5oc6ccccc6c45)c3)n2)cc1. The lowest BCUT2D eigenvalue weighted by Gasteiger charge is -2.15. The number of nitrogens with zero attached hydrogens (tertiary/aromatic N) is 3. The van der Waals surface area contributed by atoms with Crippen molar-refractivity contribution in [1.29, 1.82) is 0 Å². The van der Waals surface area contributed by atoms with Crippen molar-refractivity contribution in [1.82, 2.24) is 15.0 Å². The molecule has 3 heterocycles. The number of furan rings is 1. The highest BCUT2D eigenvalue weighted by Gasteiger charge is 2.19. The van der Waals surface area contributed by atoms with Crippen molar-refractivity contribution < 1.29 is 4.42 Å². The van der Waals surface area contributed by atoms with E-state index >= 15 is 0 Å². The Kier molecular flexibility index (Phi) is 6.64. The molecule has 7 aromatic carbocycles. The first-order valence-electron chi connectivity index (χ1n) is 16.6. The molecule has 10 rings (SSSR count). The summed E-state index contributed by atoms with van der Waals surface area (Å²) >= 11 is 1.83. The first kappa shape index (κ1) is 28.6. The molecule has 0 saturated heterocycles. The maximum atomic E-state index is 6.37. The fourth-order valence-corrected chi connectivity index (χ4v) is 8.07. The van der Waals surface area contributed by atoms with Gasteiger partial charge in [-0.3, -0.25) is 0 Å². The van der Waals surface area contributed by atoms with E-state index in [1.165, 1.54) is 20.2 Å². The number of fused-ring (bicyclic) bond motifs is 6. The van der Waals surface area contributed by atoms with Crippen LogP contribution in [-0.2, 0) is 0 Å². The van der Waals surface area contributed by atoms with E-state index in [1.54, 1.807) is 0 Å². The van der Waals surface area contributed by atoms with Crippen LogP contribution in [-0.4, -0.2) is 15.0 Å². The lowest BCUT2D eigenvalue weighted by molar-refractivity contribution is 0.669. The number of para-hydroxylation sites is 1. The standard InChI is InChI=1S/C45H27N3OS/c1-3-12-28(13-4-1)43-46-44(29-14-5-2-6-15-29)48-45(47-43)31-22-24-32(30-23-25-41-37(26-30)33-16-8-10-21-40(33)50-41)36(27-31)34-18-11-20-39-42(34)35-17-7-9-19-38(35)49-39/h1-27H. The third-order valence-electron chi connectivity index (χ3n) is 9.36. The van der Waals surface area contributed by atoms with Crippen LogP contribution < -0.4 is 0 Å². The fraction of sp³-hybridized carbons (Fsp3) is 0. The van der Waals surface area contributed by atoms with Crippen LogP contribution in [0.15, 0.2) is 168 Å². The number of rotatable bonds is 5. The van der Waals surface area contributed by atoms with E-state index in [9.17, 15) is 0 Å². The monoisotopic (exact) mass is 657 g/mol. The van der Waals surface area contributed by atoms with Gasteiger partial charge in [-0.25, -0.2) is 15.0 Å². The molecule has 0 radical (unpaired) electrons. The Bertz CT molecular complexity index is 2820. The topological polar surface area (TPSA) is 51.8 Å². The lowest BCUT2D eigenvalue weighted by atomic mass is 9.90. The van der Waals surface area contributed by atoms with Crippen molar-refractivity contribution in [3.8, 4) is 56.4 Å². The predicted octanol–water partition coefficient (Wildman–Crippen LogP) is 12.5. The number of thiophene rings is 1. The average molecular weight is 658 g/mol. The third-order valence-corrected chi connectivity index (χ3v) is 10.5. The van der Waals surface area contributed by atoms with Crippen molar-refractivity contribution in [2.24, 2.45) is 0 Å². The van der Waals surface area contributed by atoms with E-state index in [-0.39, 0.29) is 0 Å². The molecule has 0 aliphatic carbocycles. The van der Waals surface area contributed by atoms with Crippen LogP contribution in [0.4, 0.5) is 0 Å². The van der Waals surface area contributed by atoms with Gasteiger partial charge in [-0.15, -0.1) is 11.3 Å². The van der Waals surface area contributed by atoms with Crippen LogP contribution in [0.3, 0.4) is 0 Å². The molecule has 0 aliphatic rings. The third kappa shape index (κ3) is 4.79. The molecule has 5 heteroatoms. The van der Waals surface area contributed by atoms with Crippen LogP contribution in [0.2, 0.25) is 0 Å². The zero-order valence-electron chi connectivity index (χ0n) is 26.7. The molecule has 0 atom stereocenters. The summed E-state index contributed by atoms with van der Waals surface area (Å²) in [5.41, 5.74) is 8.98. The second-order valence-electron chi connectivity index (χ2n) is 12.4. The summed E-state index contributed by atoms with van der Waals surface area (Å²) in [5.74, 6) is 1.89. The number of hydrogen-bond acceptors (Lipinski definition) is 5. The summed E-state index contributed by atoms with van der Waals surface area (Å²) in [6, 6.07) is 56.9. The minimum atomic E-state index is 0.619. The Hall–Kier alpha value is -6.43. The molecule has 0 saturated carbocycles. The van der Waals surface area contributed by atoms with Gasteiger partial charge in [-0.1, -0.05) is 127 Å². The normalized spacial score (nSPS) is 11.6. The Balaban J connectivity index is 1.24. The highest BCUT2D eigenvalue weighted by molar-refractivity contribution is 7.25. The molecule has 0 amide bonds. The molecule has 4 nitrogen and oxygen atoms in total. The average Bonchev–Trinajstić information content (AvgIpc) is 3.76. The number of benzene rings is 7. The summed E-state index contributed by atoms with van der Waals surface area (Å²) in [6.07, 6.45) is 0. The highest BCUT2D eigenvalue weighted by Crippen LogP contribution is 2.44. The van der Waals surface area contributed by atoms with Gasteiger partial charge < -0.3 is 4.42 Å². The van der Waals surface area contributed by atoms with Crippen molar-refractivity contribution >= 4 is 53.4 Å². The van der Waals surface area contributed by atoms with Gasteiger partial charge >= 0.3 is 0 Å². The highest BCUT2D eigenvalue weighted by atomic mass is 32.1. The van der Waals surface area contributed by atoms with Gasteiger partial charge in [0.25, 0.3) is 0 Å². The van der Waals surface area contributed by atoms with E-state index in [0.717, 1.165) is 60.9 Å². The molecular formula is C45H27N3OS. The van der Waals surface area contributed by atoms with Crippen LogP contribution in [0.5, 0.6) is 0 Å². The Morgan fingerprint density at radius 1 is 0.360 bits per heavy atom. The quantitative estimate of drug-likeness (QED) is 0.185. The van der Waals surface area contributed by atoms with Gasteiger partial charge in [0.2, 0.25) is 0 Å². The molecule has 234 valence electrons. The first-order chi connectivity index (χ1) is 24.8. The second-order valence-corrected chi connectivity index (χ2v) is 13.5. The predicted molar refractivity (Wildman–Crippen MR) is 207 cm³/mol. The number of aromatic nitrogens is 3. The molecule has 50 heavy (non-hydrogen) atoms. The molecule has 0 bridgehead atoms.